The van der Waals surface area contributed by atoms with Crippen LogP contribution in [0, 0.1) is 0 Å². The van der Waals surface area contributed by atoms with Crippen molar-refractivity contribution in [2.45, 2.75) is 45.3 Å². The van der Waals surface area contributed by atoms with Crippen LogP contribution in [-0.2, 0) is 11.5 Å². The SMILES string of the molecule is CC(c1ccsc1)c1cccc2c1ccn2COCC[Si](C)(C)C. The molecule has 0 spiro atoms. The van der Waals surface area contributed by atoms with Gasteiger partial charge in [-0.1, -0.05) is 38.7 Å². The maximum absolute atomic E-state index is 5.93. The number of nitrogens with zero attached hydrogens (tertiary/aromatic N) is 1. The van der Waals surface area contributed by atoms with Crippen molar-refractivity contribution in [1.29, 1.82) is 0 Å². The lowest BCUT2D eigenvalue weighted by Gasteiger charge is -2.16. The molecule has 0 saturated heterocycles. The van der Waals surface area contributed by atoms with Crippen LogP contribution >= 0.6 is 11.3 Å². The fourth-order valence-corrected chi connectivity index (χ4v) is 4.49. The highest BCUT2D eigenvalue weighted by Gasteiger charge is 2.15. The van der Waals surface area contributed by atoms with E-state index >= 15 is 0 Å². The molecule has 24 heavy (non-hydrogen) atoms. The summed E-state index contributed by atoms with van der Waals surface area (Å²) >= 11 is 1.77. The third-order valence-corrected chi connectivity index (χ3v) is 6.99. The van der Waals surface area contributed by atoms with Gasteiger partial charge in [0.15, 0.2) is 0 Å². The van der Waals surface area contributed by atoms with Crippen molar-refractivity contribution in [2.75, 3.05) is 6.61 Å². The van der Waals surface area contributed by atoms with Crippen LogP contribution in [0.1, 0.15) is 24.0 Å². The lowest BCUT2D eigenvalue weighted by atomic mass is 9.93. The van der Waals surface area contributed by atoms with Crippen LogP contribution in [0.5, 0.6) is 0 Å². The molecule has 0 aliphatic carbocycles. The van der Waals surface area contributed by atoms with E-state index < -0.39 is 8.07 Å². The molecular weight excluding hydrogens is 330 g/mol. The van der Waals surface area contributed by atoms with Gasteiger partial charge in [-0.3, -0.25) is 0 Å². The first-order valence-electron chi connectivity index (χ1n) is 8.63. The second-order valence-electron chi connectivity index (χ2n) is 7.69. The Labute approximate surface area is 150 Å². The fourth-order valence-electron chi connectivity index (χ4n) is 2.98. The Hall–Kier alpha value is -1.36. The summed E-state index contributed by atoms with van der Waals surface area (Å²) in [5, 5.41) is 5.74. The molecular formula is C20H27NOSSi. The van der Waals surface area contributed by atoms with E-state index in [1.807, 2.05) is 0 Å². The molecule has 0 bridgehead atoms. The third-order valence-electron chi connectivity index (χ3n) is 4.58. The van der Waals surface area contributed by atoms with Crippen LogP contribution in [0.15, 0.2) is 47.3 Å². The summed E-state index contributed by atoms with van der Waals surface area (Å²) in [6.07, 6.45) is 2.16. The predicted octanol–water partition coefficient (Wildman–Crippen LogP) is 6.17. The van der Waals surface area contributed by atoms with E-state index in [4.69, 9.17) is 4.74 Å². The molecule has 1 atom stereocenters. The highest BCUT2D eigenvalue weighted by Crippen LogP contribution is 2.32. The molecule has 0 saturated carbocycles. The zero-order valence-corrected chi connectivity index (χ0v) is 16.9. The maximum Gasteiger partial charge on any atom is 0.122 e. The highest BCUT2D eigenvalue weighted by atomic mass is 32.1. The smallest absolute Gasteiger partial charge is 0.122 e. The molecule has 0 fully saturated rings. The Morgan fingerprint density at radius 2 is 2.00 bits per heavy atom. The molecule has 128 valence electrons. The summed E-state index contributed by atoms with van der Waals surface area (Å²) in [6.45, 7) is 11.0. The Balaban J connectivity index is 1.77. The predicted molar refractivity (Wildman–Crippen MR) is 108 cm³/mol. The van der Waals surface area contributed by atoms with E-state index in [9.17, 15) is 0 Å². The monoisotopic (exact) mass is 357 g/mol. The summed E-state index contributed by atoms with van der Waals surface area (Å²) in [5.41, 5.74) is 4.06. The Bertz CT molecular complexity index is 786. The fraction of sp³-hybridized carbons (Fsp3) is 0.400. The van der Waals surface area contributed by atoms with E-state index in [0.717, 1.165) is 6.61 Å². The van der Waals surface area contributed by atoms with Crippen LogP contribution in [0.2, 0.25) is 25.7 Å². The number of thiophene rings is 1. The Morgan fingerprint density at radius 1 is 1.17 bits per heavy atom. The van der Waals surface area contributed by atoms with Gasteiger partial charge >= 0.3 is 0 Å². The molecule has 3 aromatic rings. The first-order chi connectivity index (χ1) is 11.5. The highest BCUT2D eigenvalue weighted by molar-refractivity contribution is 7.08. The normalized spacial score (nSPS) is 13.5. The molecule has 1 unspecified atom stereocenters. The Morgan fingerprint density at radius 3 is 2.71 bits per heavy atom. The quantitative estimate of drug-likeness (QED) is 0.364. The zero-order valence-electron chi connectivity index (χ0n) is 15.1. The summed E-state index contributed by atoms with van der Waals surface area (Å²) in [7, 11) is -1.02. The van der Waals surface area contributed by atoms with Gasteiger partial charge in [0.2, 0.25) is 0 Å². The van der Waals surface area contributed by atoms with Gasteiger partial charge in [-0.2, -0.15) is 11.3 Å². The van der Waals surface area contributed by atoms with Crippen molar-refractivity contribution in [3.63, 3.8) is 0 Å². The van der Waals surface area contributed by atoms with Crippen molar-refractivity contribution in [3.05, 3.63) is 58.4 Å². The molecule has 0 radical (unpaired) electrons. The molecule has 2 aromatic heterocycles. The van der Waals surface area contributed by atoms with Gasteiger partial charge in [0, 0.05) is 32.2 Å². The first kappa shape index (κ1) is 17.5. The lowest BCUT2D eigenvalue weighted by Crippen LogP contribution is -2.21. The Kier molecular flexibility index (Phi) is 5.28. The summed E-state index contributed by atoms with van der Waals surface area (Å²) in [5.74, 6) is 0.420. The molecule has 0 N–H and O–H groups in total. The van der Waals surface area contributed by atoms with Crippen LogP contribution in [0.3, 0.4) is 0 Å². The first-order valence-corrected chi connectivity index (χ1v) is 13.3. The number of fused-ring (bicyclic) bond motifs is 1. The number of ether oxygens (including phenoxy) is 1. The standard InChI is InChI=1S/C20H27NOSSi/c1-16(17-9-12-23-14-17)18-6-5-7-20-19(18)8-10-21(20)15-22-11-13-24(2,3)4/h5-10,12,14,16H,11,13,15H2,1-4H3. The van der Waals surface area contributed by atoms with Gasteiger partial charge in [-0.05, 0) is 46.1 Å². The number of hydrogen-bond acceptors (Lipinski definition) is 2. The number of rotatable bonds is 7. The van der Waals surface area contributed by atoms with E-state index in [1.54, 1.807) is 11.3 Å². The minimum absolute atomic E-state index is 0.420. The molecule has 0 amide bonds. The van der Waals surface area contributed by atoms with Gasteiger partial charge in [0.05, 0.1) is 5.52 Å². The van der Waals surface area contributed by atoms with Gasteiger partial charge < -0.3 is 9.30 Å². The topological polar surface area (TPSA) is 14.2 Å². The maximum atomic E-state index is 5.93. The lowest BCUT2D eigenvalue weighted by molar-refractivity contribution is 0.0902. The molecule has 1 aromatic carbocycles. The zero-order chi connectivity index (χ0) is 17.2. The van der Waals surface area contributed by atoms with E-state index in [-0.39, 0.29) is 0 Å². The van der Waals surface area contributed by atoms with E-state index in [1.165, 1.54) is 28.1 Å². The van der Waals surface area contributed by atoms with Crippen molar-refractivity contribution in [2.24, 2.45) is 0 Å². The van der Waals surface area contributed by atoms with E-state index in [0.29, 0.717) is 12.6 Å². The summed E-state index contributed by atoms with van der Waals surface area (Å²) in [6, 6.07) is 12.3. The largest absolute Gasteiger partial charge is 0.361 e. The van der Waals surface area contributed by atoms with Gasteiger partial charge in [0.25, 0.3) is 0 Å². The molecule has 2 nitrogen and oxygen atoms in total. The molecule has 4 heteroatoms. The van der Waals surface area contributed by atoms with Crippen LogP contribution < -0.4 is 0 Å². The van der Waals surface area contributed by atoms with Crippen LogP contribution in [0.25, 0.3) is 10.9 Å². The summed E-state index contributed by atoms with van der Waals surface area (Å²) < 4.78 is 8.16. The molecule has 3 rings (SSSR count). The third kappa shape index (κ3) is 3.99. The van der Waals surface area contributed by atoms with Gasteiger partial charge in [0.1, 0.15) is 6.73 Å². The number of hydrogen-bond donors (Lipinski definition) is 0. The van der Waals surface area contributed by atoms with E-state index in [2.05, 4.69) is 78.4 Å². The van der Waals surface area contributed by atoms with Gasteiger partial charge in [-0.25, -0.2) is 0 Å². The number of benzene rings is 1. The number of aromatic nitrogens is 1. The summed E-state index contributed by atoms with van der Waals surface area (Å²) in [4.78, 5) is 0. The van der Waals surface area contributed by atoms with Gasteiger partial charge in [-0.15, -0.1) is 0 Å². The minimum Gasteiger partial charge on any atom is -0.361 e. The van der Waals surface area contributed by atoms with Crippen molar-refractivity contribution >= 4 is 30.3 Å². The second-order valence-corrected chi connectivity index (χ2v) is 14.1. The molecule has 0 aliphatic rings. The minimum atomic E-state index is -1.02. The van der Waals surface area contributed by atoms with Crippen molar-refractivity contribution in [1.82, 2.24) is 4.57 Å². The van der Waals surface area contributed by atoms with Crippen LogP contribution in [0.4, 0.5) is 0 Å². The second kappa shape index (κ2) is 7.26. The van der Waals surface area contributed by atoms with Crippen molar-refractivity contribution in [3.8, 4) is 0 Å². The average Bonchev–Trinajstić information content (AvgIpc) is 3.19. The molecule has 0 aliphatic heterocycles. The molecule has 2 heterocycles. The van der Waals surface area contributed by atoms with Crippen molar-refractivity contribution < 1.29 is 4.74 Å². The van der Waals surface area contributed by atoms with Crippen LogP contribution in [-0.4, -0.2) is 19.2 Å². The average molecular weight is 358 g/mol.